The highest BCUT2D eigenvalue weighted by molar-refractivity contribution is 8.17. The molecule has 7 heteroatoms. The molecule has 0 aromatic rings. The van der Waals surface area contributed by atoms with Crippen molar-refractivity contribution in [3.63, 3.8) is 0 Å². The van der Waals surface area contributed by atoms with E-state index in [1.54, 1.807) is 0 Å². The summed E-state index contributed by atoms with van der Waals surface area (Å²) in [5.41, 5.74) is 0. The number of aliphatic hydroxyl groups excluding tert-OH is 4. The zero-order valence-electron chi connectivity index (χ0n) is 6.82. The van der Waals surface area contributed by atoms with Crippen LogP contribution in [-0.4, -0.2) is 55.0 Å². The summed E-state index contributed by atoms with van der Waals surface area (Å²) in [5.74, 6) is 0. The van der Waals surface area contributed by atoms with Crippen LogP contribution in [0.1, 0.15) is 0 Å². The molecule has 0 saturated heterocycles. The molecule has 0 bridgehead atoms. The summed E-state index contributed by atoms with van der Waals surface area (Å²) < 4.78 is -1.07. The molecule has 80 valence electrons. The molecule has 0 amide bonds. The third-order valence-electron chi connectivity index (χ3n) is 1.31. The van der Waals surface area contributed by atoms with Gasteiger partial charge in [0.05, 0.1) is 34.6 Å². The Morgan fingerprint density at radius 2 is 1.23 bits per heavy atom. The van der Waals surface area contributed by atoms with Crippen LogP contribution >= 0.6 is 37.0 Å². The molecule has 4 atom stereocenters. The van der Waals surface area contributed by atoms with Gasteiger partial charge in [-0.1, -0.05) is 0 Å². The molecule has 0 aromatic heterocycles. The van der Waals surface area contributed by atoms with E-state index in [-0.39, 0.29) is 0 Å². The fourth-order valence-electron chi connectivity index (χ4n) is 0.505. The van der Waals surface area contributed by atoms with Crippen LogP contribution in [0.15, 0.2) is 0 Å². The van der Waals surface area contributed by atoms with Crippen molar-refractivity contribution >= 4 is 37.0 Å². The first-order valence-corrected chi connectivity index (χ1v) is 5.60. The number of hydrogen-bond acceptors (Lipinski definition) is 7. The van der Waals surface area contributed by atoms with Gasteiger partial charge in [0.25, 0.3) is 0 Å². The Hall–Kier alpha value is 0.890. The average molecular weight is 246 g/mol. The molecule has 0 aliphatic rings. The van der Waals surface area contributed by atoms with Crippen molar-refractivity contribution in [1.82, 2.24) is 0 Å². The summed E-state index contributed by atoms with van der Waals surface area (Å²) in [6.45, 7) is -0.784. The molecule has 4 unspecified atom stereocenters. The van der Waals surface area contributed by atoms with Gasteiger partial charge in [-0.3, -0.25) is 0 Å². The van der Waals surface area contributed by atoms with Crippen molar-refractivity contribution in [2.24, 2.45) is 0 Å². The lowest BCUT2D eigenvalue weighted by molar-refractivity contribution is 0.103. The standard InChI is InChI=1S/C6H14O4S3/c7-1-3(9)5(11)13-6(12)4(10)2-8/h3-12H,1-2H2. The first kappa shape index (κ1) is 13.9. The average Bonchev–Trinajstić information content (AvgIpc) is 2.14. The third kappa shape index (κ3) is 5.36. The van der Waals surface area contributed by atoms with Crippen molar-refractivity contribution in [3.05, 3.63) is 0 Å². The van der Waals surface area contributed by atoms with Crippen LogP contribution in [0, 0.1) is 0 Å². The Morgan fingerprint density at radius 3 is 1.46 bits per heavy atom. The zero-order valence-corrected chi connectivity index (χ0v) is 9.42. The van der Waals surface area contributed by atoms with Crippen molar-refractivity contribution in [1.29, 1.82) is 0 Å². The topological polar surface area (TPSA) is 80.9 Å². The lowest BCUT2D eigenvalue weighted by Gasteiger charge is -2.21. The van der Waals surface area contributed by atoms with Crippen LogP contribution in [0.5, 0.6) is 0 Å². The second-order valence-corrected chi connectivity index (χ2v) is 5.52. The summed E-state index contributed by atoms with van der Waals surface area (Å²) in [6.07, 6.45) is -1.93. The number of aliphatic hydroxyl groups is 4. The summed E-state index contributed by atoms with van der Waals surface area (Å²) in [5, 5.41) is 35.3. The molecular weight excluding hydrogens is 232 g/mol. The Balaban J connectivity index is 3.83. The number of thiol groups is 2. The van der Waals surface area contributed by atoms with Gasteiger partial charge in [0.15, 0.2) is 0 Å². The van der Waals surface area contributed by atoms with Gasteiger partial charge in [-0.15, -0.1) is 11.8 Å². The first-order valence-electron chi connectivity index (χ1n) is 3.62. The molecule has 0 radical (unpaired) electrons. The maximum atomic E-state index is 9.10. The van der Waals surface area contributed by atoms with E-state index in [1.807, 2.05) is 0 Å². The van der Waals surface area contributed by atoms with Crippen LogP contribution in [0.3, 0.4) is 0 Å². The molecule has 0 heterocycles. The van der Waals surface area contributed by atoms with E-state index >= 15 is 0 Å². The second-order valence-electron chi connectivity index (χ2n) is 2.42. The highest BCUT2D eigenvalue weighted by Crippen LogP contribution is 2.28. The van der Waals surface area contributed by atoms with Gasteiger partial charge in [-0.05, 0) is 0 Å². The summed E-state index contributed by atoms with van der Waals surface area (Å²) >= 11 is 9.05. The molecule has 13 heavy (non-hydrogen) atoms. The van der Waals surface area contributed by atoms with E-state index in [4.69, 9.17) is 20.4 Å². The number of hydrogen-bond donors (Lipinski definition) is 6. The minimum atomic E-state index is -0.964. The lowest BCUT2D eigenvalue weighted by atomic mass is 10.4. The molecule has 0 rings (SSSR count). The Kier molecular flexibility index (Phi) is 7.71. The fraction of sp³-hybridized carbons (Fsp3) is 1.00. The van der Waals surface area contributed by atoms with Crippen LogP contribution in [0.2, 0.25) is 0 Å². The molecular formula is C6H14O4S3. The zero-order chi connectivity index (χ0) is 10.4. The summed E-state index contributed by atoms with van der Waals surface area (Å²) in [6, 6.07) is 0. The van der Waals surface area contributed by atoms with E-state index < -0.39 is 34.6 Å². The Labute approximate surface area is 92.2 Å². The SMILES string of the molecule is OCC(O)C(S)SC(S)C(O)CO. The highest BCUT2D eigenvalue weighted by atomic mass is 32.2. The van der Waals surface area contributed by atoms with Crippen molar-refractivity contribution in [3.8, 4) is 0 Å². The molecule has 0 aliphatic carbocycles. The van der Waals surface area contributed by atoms with E-state index in [0.29, 0.717) is 0 Å². The van der Waals surface area contributed by atoms with Crippen LogP contribution < -0.4 is 0 Å². The number of rotatable bonds is 6. The minimum absolute atomic E-state index is 0.392. The summed E-state index contributed by atoms with van der Waals surface area (Å²) in [7, 11) is 0. The van der Waals surface area contributed by atoms with E-state index in [1.165, 1.54) is 0 Å². The van der Waals surface area contributed by atoms with E-state index in [2.05, 4.69) is 25.3 Å². The first-order chi connectivity index (χ1) is 6.02. The highest BCUT2D eigenvalue weighted by Gasteiger charge is 2.22. The van der Waals surface area contributed by atoms with Crippen molar-refractivity contribution in [2.45, 2.75) is 21.4 Å². The predicted molar refractivity (Wildman–Crippen MR) is 59.3 cm³/mol. The van der Waals surface area contributed by atoms with Gasteiger partial charge in [-0.25, -0.2) is 0 Å². The van der Waals surface area contributed by atoms with Crippen LogP contribution in [0.25, 0.3) is 0 Å². The Bertz CT molecular complexity index is 123. The van der Waals surface area contributed by atoms with Crippen molar-refractivity contribution in [2.75, 3.05) is 13.2 Å². The van der Waals surface area contributed by atoms with Crippen molar-refractivity contribution < 1.29 is 20.4 Å². The van der Waals surface area contributed by atoms with Gasteiger partial charge >= 0.3 is 0 Å². The number of thioether (sulfide) groups is 1. The molecule has 0 saturated carbocycles. The molecule has 0 aliphatic heterocycles. The van der Waals surface area contributed by atoms with E-state index in [0.717, 1.165) is 11.8 Å². The largest absolute Gasteiger partial charge is 0.394 e. The van der Waals surface area contributed by atoms with Gasteiger partial charge < -0.3 is 20.4 Å². The fourth-order valence-corrected chi connectivity index (χ4v) is 2.59. The van der Waals surface area contributed by atoms with E-state index in [9.17, 15) is 0 Å². The van der Waals surface area contributed by atoms with Gasteiger partial charge in [0.2, 0.25) is 0 Å². The van der Waals surface area contributed by atoms with Gasteiger partial charge in [0.1, 0.15) is 0 Å². The third-order valence-corrected chi connectivity index (χ3v) is 3.92. The summed E-state index contributed by atoms with van der Waals surface area (Å²) in [4.78, 5) is 0. The smallest absolute Gasteiger partial charge is 0.0978 e. The lowest BCUT2D eigenvalue weighted by Crippen LogP contribution is -2.28. The molecule has 0 aromatic carbocycles. The quantitative estimate of drug-likeness (QED) is 0.266. The van der Waals surface area contributed by atoms with Crippen LogP contribution in [-0.2, 0) is 0 Å². The van der Waals surface area contributed by atoms with Gasteiger partial charge in [0, 0.05) is 0 Å². The Morgan fingerprint density at radius 1 is 0.923 bits per heavy atom. The predicted octanol–water partition coefficient (Wildman–Crippen LogP) is -1.06. The molecule has 0 spiro atoms. The molecule has 4 N–H and O–H groups in total. The normalized spacial score (nSPS) is 20.8. The van der Waals surface area contributed by atoms with Gasteiger partial charge in [-0.2, -0.15) is 25.3 Å². The van der Waals surface area contributed by atoms with Crippen LogP contribution in [0.4, 0.5) is 0 Å². The molecule has 4 nitrogen and oxygen atoms in total. The monoisotopic (exact) mass is 246 g/mol. The maximum absolute atomic E-state index is 9.10. The second kappa shape index (κ2) is 7.22. The minimum Gasteiger partial charge on any atom is -0.394 e. The maximum Gasteiger partial charge on any atom is 0.0978 e. The molecule has 0 fully saturated rings.